The Morgan fingerprint density at radius 1 is 1.15 bits per heavy atom. The van der Waals surface area contributed by atoms with Gasteiger partial charge < -0.3 is 15.5 Å². The lowest BCUT2D eigenvalue weighted by atomic mass is 10.2. The van der Waals surface area contributed by atoms with Gasteiger partial charge in [-0.1, -0.05) is 0 Å². The van der Waals surface area contributed by atoms with E-state index in [4.69, 9.17) is 10.2 Å². The van der Waals surface area contributed by atoms with E-state index in [2.05, 4.69) is 5.32 Å². The minimum Gasteiger partial charge on any atom is -0.462 e. The van der Waals surface area contributed by atoms with Crippen LogP contribution in [0.25, 0.3) is 6.08 Å². The number of amides is 2. The number of nitrogens with two attached hydrogens (primary N) is 1. The van der Waals surface area contributed by atoms with Crippen molar-refractivity contribution in [2.45, 2.75) is 6.92 Å². The smallest absolute Gasteiger partial charge is 0.248 e. The van der Waals surface area contributed by atoms with E-state index in [0.29, 0.717) is 17.0 Å². The van der Waals surface area contributed by atoms with Crippen LogP contribution in [0.1, 0.15) is 21.9 Å². The fourth-order valence-corrected chi connectivity index (χ4v) is 1.60. The Bertz CT molecular complexity index is 654. The SMILES string of the molecule is Cc1ccc(C=CC(=O)Nc2ccc(C(N)=O)cc2)o1. The summed E-state index contributed by atoms with van der Waals surface area (Å²) in [5, 5.41) is 2.67. The molecule has 0 saturated heterocycles. The van der Waals surface area contributed by atoms with Gasteiger partial charge in [0.2, 0.25) is 11.8 Å². The van der Waals surface area contributed by atoms with Crippen molar-refractivity contribution in [3.05, 3.63) is 59.6 Å². The van der Waals surface area contributed by atoms with Crippen LogP contribution < -0.4 is 11.1 Å². The Morgan fingerprint density at radius 3 is 2.40 bits per heavy atom. The summed E-state index contributed by atoms with van der Waals surface area (Å²) < 4.78 is 5.31. The monoisotopic (exact) mass is 270 g/mol. The van der Waals surface area contributed by atoms with Crippen molar-refractivity contribution in [1.82, 2.24) is 0 Å². The van der Waals surface area contributed by atoms with Crippen molar-refractivity contribution >= 4 is 23.6 Å². The minimum atomic E-state index is -0.504. The summed E-state index contributed by atoms with van der Waals surface area (Å²) in [7, 11) is 0. The van der Waals surface area contributed by atoms with Crippen molar-refractivity contribution in [3.63, 3.8) is 0 Å². The van der Waals surface area contributed by atoms with E-state index in [-0.39, 0.29) is 5.91 Å². The maximum Gasteiger partial charge on any atom is 0.248 e. The Morgan fingerprint density at radius 2 is 1.85 bits per heavy atom. The third kappa shape index (κ3) is 3.58. The predicted octanol–water partition coefficient (Wildman–Crippen LogP) is 2.34. The predicted molar refractivity (Wildman–Crippen MR) is 76.1 cm³/mol. The van der Waals surface area contributed by atoms with Gasteiger partial charge in [-0.2, -0.15) is 0 Å². The van der Waals surface area contributed by atoms with Gasteiger partial charge >= 0.3 is 0 Å². The highest BCUT2D eigenvalue weighted by Crippen LogP contribution is 2.10. The number of hydrogen-bond donors (Lipinski definition) is 2. The fraction of sp³-hybridized carbons (Fsp3) is 0.0667. The molecule has 0 saturated carbocycles. The number of rotatable bonds is 4. The minimum absolute atomic E-state index is 0.286. The molecule has 0 atom stereocenters. The van der Waals surface area contributed by atoms with Gasteiger partial charge in [0.25, 0.3) is 0 Å². The van der Waals surface area contributed by atoms with E-state index in [1.807, 2.05) is 13.0 Å². The molecule has 0 bridgehead atoms. The molecule has 2 aromatic rings. The van der Waals surface area contributed by atoms with E-state index in [9.17, 15) is 9.59 Å². The van der Waals surface area contributed by atoms with Gasteiger partial charge in [0.15, 0.2) is 0 Å². The summed E-state index contributed by atoms with van der Waals surface area (Å²) in [5.41, 5.74) is 6.11. The topological polar surface area (TPSA) is 85.3 Å². The Hall–Kier alpha value is -2.82. The molecule has 5 heteroatoms. The van der Waals surface area contributed by atoms with Crippen molar-refractivity contribution in [1.29, 1.82) is 0 Å². The first kappa shape index (κ1) is 13.6. The molecule has 20 heavy (non-hydrogen) atoms. The summed E-state index contributed by atoms with van der Waals surface area (Å²) in [6.07, 6.45) is 2.96. The molecule has 1 aromatic carbocycles. The molecular formula is C15H14N2O3. The Balaban J connectivity index is 1.97. The van der Waals surface area contributed by atoms with Crippen LogP contribution in [0.4, 0.5) is 5.69 Å². The number of carbonyl (C=O) groups is 2. The van der Waals surface area contributed by atoms with Crippen LogP contribution >= 0.6 is 0 Å². The largest absolute Gasteiger partial charge is 0.462 e. The second-order valence-corrected chi connectivity index (χ2v) is 4.21. The van der Waals surface area contributed by atoms with E-state index in [0.717, 1.165) is 5.76 Å². The molecular weight excluding hydrogens is 256 g/mol. The van der Waals surface area contributed by atoms with Crippen LogP contribution in [-0.2, 0) is 4.79 Å². The molecule has 102 valence electrons. The lowest BCUT2D eigenvalue weighted by molar-refractivity contribution is -0.111. The molecule has 0 spiro atoms. The van der Waals surface area contributed by atoms with Crippen molar-refractivity contribution in [3.8, 4) is 0 Å². The maximum atomic E-state index is 11.7. The fourth-order valence-electron chi connectivity index (χ4n) is 1.60. The number of benzene rings is 1. The van der Waals surface area contributed by atoms with E-state index >= 15 is 0 Å². The molecule has 5 nitrogen and oxygen atoms in total. The average Bonchev–Trinajstić information content (AvgIpc) is 2.83. The van der Waals surface area contributed by atoms with E-state index in [1.54, 1.807) is 36.4 Å². The average molecular weight is 270 g/mol. The molecule has 0 unspecified atom stereocenters. The third-order valence-electron chi connectivity index (χ3n) is 2.60. The van der Waals surface area contributed by atoms with Gasteiger partial charge in [-0.15, -0.1) is 0 Å². The molecule has 0 radical (unpaired) electrons. The lowest BCUT2D eigenvalue weighted by Gasteiger charge is -2.02. The third-order valence-corrected chi connectivity index (χ3v) is 2.60. The number of primary amides is 1. The van der Waals surface area contributed by atoms with Crippen molar-refractivity contribution < 1.29 is 14.0 Å². The first-order valence-corrected chi connectivity index (χ1v) is 6.00. The van der Waals surface area contributed by atoms with Crippen molar-refractivity contribution in [2.75, 3.05) is 5.32 Å². The Labute approximate surface area is 116 Å². The molecule has 0 aliphatic carbocycles. The number of carbonyl (C=O) groups excluding carboxylic acids is 2. The molecule has 0 aliphatic rings. The number of furan rings is 1. The molecule has 2 amide bonds. The van der Waals surface area contributed by atoms with E-state index < -0.39 is 5.91 Å². The molecule has 1 aromatic heterocycles. The molecule has 0 aliphatic heterocycles. The van der Waals surface area contributed by atoms with E-state index in [1.165, 1.54) is 6.08 Å². The zero-order valence-corrected chi connectivity index (χ0v) is 10.9. The number of hydrogen-bond acceptors (Lipinski definition) is 3. The van der Waals surface area contributed by atoms with Crippen molar-refractivity contribution in [2.24, 2.45) is 5.73 Å². The molecule has 3 N–H and O–H groups in total. The van der Waals surface area contributed by atoms with Gasteiger partial charge in [-0.25, -0.2) is 0 Å². The molecule has 1 heterocycles. The molecule has 0 fully saturated rings. The van der Waals surface area contributed by atoms with Gasteiger partial charge in [0.05, 0.1) is 0 Å². The van der Waals surface area contributed by atoms with Crippen LogP contribution in [0.15, 0.2) is 46.9 Å². The van der Waals surface area contributed by atoms with Crippen LogP contribution in [0.5, 0.6) is 0 Å². The summed E-state index contributed by atoms with van der Waals surface area (Å²) in [5.74, 6) is 0.607. The molecule has 2 rings (SSSR count). The highest BCUT2D eigenvalue weighted by Gasteiger charge is 2.02. The first-order chi connectivity index (χ1) is 9.54. The van der Waals surface area contributed by atoms with Gasteiger partial charge in [0.1, 0.15) is 11.5 Å². The van der Waals surface area contributed by atoms with Crippen LogP contribution in [0.2, 0.25) is 0 Å². The number of anilines is 1. The standard InChI is InChI=1S/C15H14N2O3/c1-10-2-7-13(20-10)8-9-14(18)17-12-5-3-11(4-6-12)15(16)19/h2-9H,1H3,(H2,16,19)(H,17,18). The summed E-state index contributed by atoms with van der Waals surface area (Å²) >= 11 is 0. The van der Waals surface area contributed by atoms with Gasteiger partial charge in [-0.05, 0) is 49.4 Å². The highest BCUT2D eigenvalue weighted by atomic mass is 16.3. The van der Waals surface area contributed by atoms with Crippen LogP contribution in [0, 0.1) is 6.92 Å². The first-order valence-electron chi connectivity index (χ1n) is 6.00. The quantitative estimate of drug-likeness (QED) is 0.836. The summed E-state index contributed by atoms with van der Waals surface area (Å²) in [4.78, 5) is 22.6. The lowest BCUT2D eigenvalue weighted by Crippen LogP contribution is -2.11. The maximum absolute atomic E-state index is 11.7. The van der Waals surface area contributed by atoms with Crippen LogP contribution in [-0.4, -0.2) is 11.8 Å². The highest BCUT2D eigenvalue weighted by molar-refractivity contribution is 6.02. The second-order valence-electron chi connectivity index (χ2n) is 4.21. The second kappa shape index (κ2) is 5.88. The summed E-state index contributed by atoms with van der Waals surface area (Å²) in [6.45, 7) is 1.83. The van der Waals surface area contributed by atoms with Gasteiger partial charge in [-0.3, -0.25) is 9.59 Å². The zero-order chi connectivity index (χ0) is 14.5. The number of nitrogens with one attached hydrogen (secondary N) is 1. The Kier molecular flexibility index (Phi) is 4.00. The number of aryl methyl sites for hydroxylation is 1. The van der Waals surface area contributed by atoms with Gasteiger partial charge in [0, 0.05) is 17.3 Å². The normalized spacial score (nSPS) is 10.7. The zero-order valence-electron chi connectivity index (χ0n) is 10.9. The van der Waals surface area contributed by atoms with Crippen LogP contribution in [0.3, 0.4) is 0 Å². The summed E-state index contributed by atoms with van der Waals surface area (Å²) in [6, 6.07) is 9.93.